The van der Waals surface area contributed by atoms with Crippen LogP contribution < -0.4 is 10.1 Å². The average Bonchev–Trinajstić information content (AvgIpc) is 2.35. The van der Waals surface area contributed by atoms with E-state index < -0.39 is 0 Å². The molecule has 1 aromatic heterocycles. The van der Waals surface area contributed by atoms with E-state index in [4.69, 9.17) is 9.47 Å². The summed E-state index contributed by atoms with van der Waals surface area (Å²) in [6.45, 7) is 7.46. The van der Waals surface area contributed by atoms with Crippen molar-refractivity contribution in [3.8, 4) is 5.75 Å². The molecule has 0 aliphatic rings. The summed E-state index contributed by atoms with van der Waals surface area (Å²) in [5.74, 6) is 0.252. The first kappa shape index (κ1) is 14.4. The number of nitrogens with one attached hydrogen (secondary N) is 1. The van der Waals surface area contributed by atoms with Crippen LogP contribution in [0.25, 0.3) is 0 Å². The molecule has 0 fully saturated rings. The monoisotopic (exact) mass is 252 g/mol. The second-order valence-electron chi connectivity index (χ2n) is 3.77. The van der Waals surface area contributed by atoms with Crippen LogP contribution >= 0.6 is 0 Å². The molecule has 0 radical (unpaired) electrons. The Morgan fingerprint density at radius 2 is 2.17 bits per heavy atom. The summed E-state index contributed by atoms with van der Waals surface area (Å²) in [6.07, 6.45) is 0. The van der Waals surface area contributed by atoms with Crippen molar-refractivity contribution in [3.63, 3.8) is 0 Å². The Bertz CT molecular complexity index is 394. The summed E-state index contributed by atoms with van der Waals surface area (Å²) in [7, 11) is 0. The van der Waals surface area contributed by atoms with Gasteiger partial charge in [0, 0.05) is 12.2 Å². The Morgan fingerprint density at radius 1 is 1.39 bits per heavy atom. The van der Waals surface area contributed by atoms with Gasteiger partial charge >= 0.3 is 5.97 Å². The highest BCUT2D eigenvalue weighted by Crippen LogP contribution is 2.16. The zero-order valence-corrected chi connectivity index (χ0v) is 11.2. The molecule has 0 aliphatic heterocycles. The predicted molar refractivity (Wildman–Crippen MR) is 68.5 cm³/mol. The molecule has 1 heterocycles. The molecule has 0 amide bonds. The summed E-state index contributed by atoms with van der Waals surface area (Å²) < 4.78 is 10.2. The summed E-state index contributed by atoms with van der Waals surface area (Å²) in [5, 5.41) is 3.19. The first-order valence-electron chi connectivity index (χ1n) is 6.13. The third kappa shape index (κ3) is 4.71. The third-order valence-corrected chi connectivity index (χ3v) is 2.26. The lowest BCUT2D eigenvalue weighted by Gasteiger charge is -2.11. The van der Waals surface area contributed by atoms with Gasteiger partial charge in [0.2, 0.25) is 0 Å². The summed E-state index contributed by atoms with van der Waals surface area (Å²) >= 11 is 0. The van der Waals surface area contributed by atoms with Crippen molar-refractivity contribution in [3.05, 3.63) is 23.5 Å². The number of hydrogen-bond acceptors (Lipinski definition) is 5. The van der Waals surface area contributed by atoms with Gasteiger partial charge in [0.05, 0.1) is 12.3 Å². The molecule has 0 saturated heterocycles. The van der Waals surface area contributed by atoms with Gasteiger partial charge in [-0.15, -0.1) is 0 Å². The lowest BCUT2D eigenvalue weighted by atomic mass is 10.3. The molecule has 1 N–H and O–H groups in total. The van der Waals surface area contributed by atoms with E-state index in [-0.39, 0.29) is 12.6 Å². The summed E-state index contributed by atoms with van der Waals surface area (Å²) in [6, 6.07) is 3.68. The number of pyridine rings is 1. The Kier molecular flexibility index (Phi) is 6.14. The van der Waals surface area contributed by atoms with Crippen molar-refractivity contribution >= 4 is 5.97 Å². The summed E-state index contributed by atoms with van der Waals surface area (Å²) in [4.78, 5) is 15.6. The number of carbonyl (C=O) groups is 1. The van der Waals surface area contributed by atoms with Crippen molar-refractivity contribution in [2.45, 2.75) is 27.3 Å². The Balaban J connectivity index is 2.65. The molecule has 0 aliphatic carbocycles. The number of hydrogen-bond donors (Lipinski definition) is 1. The van der Waals surface area contributed by atoms with Gasteiger partial charge in [-0.25, -0.2) is 4.79 Å². The Morgan fingerprint density at radius 3 is 2.83 bits per heavy atom. The fourth-order valence-corrected chi connectivity index (χ4v) is 1.44. The minimum atomic E-state index is -0.368. The molecule has 0 bridgehead atoms. The normalized spacial score (nSPS) is 10.2. The van der Waals surface area contributed by atoms with Gasteiger partial charge in [-0.1, -0.05) is 6.92 Å². The van der Waals surface area contributed by atoms with Crippen molar-refractivity contribution in [1.82, 2.24) is 10.3 Å². The molecule has 5 heteroatoms. The molecule has 0 unspecified atom stereocenters. The van der Waals surface area contributed by atoms with Gasteiger partial charge in [-0.3, -0.25) is 4.98 Å². The number of nitrogens with zero attached hydrogens (tertiary/aromatic N) is 1. The van der Waals surface area contributed by atoms with E-state index in [9.17, 15) is 4.79 Å². The van der Waals surface area contributed by atoms with E-state index in [1.165, 1.54) is 0 Å². The molecular formula is C13H20N2O3. The highest BCUT2D eigenvalue weighted by molar-refractivity contribution is 5.71. The van der Waals surface area contributed by atoms with Crippen LogP contribution in [0.1, 0.15) is 25.2 Å². The van der Waals surface area contributed by atoms with E-state index in [1.807, 2.05) is 26.0 Å². The minimum Gasteiger partial charge on any atom is -0.480 e. The van der Waals surface area contributed by atoms with E-state index in [2.05, 4.69) is 10.3 Å². The molecule has 0 atom stereocenters. The van der Waals surface area contributed by atoms with Crippen LogP contribution in [0, 0.1) is 6.92 Å². The lowest BCUT2D eigenvalue weighted by Crippen LogP contribution is -2.18. The van der Waals surface area contributed by atoms with Gasteiger partial charge in [0.15, 0.2) is 6.61 Å². The molecule has 18 heavy (non-hydrogen) atoms. The van der Waals surface area contributed by atoms with Crippen LogP contribution in [0.5, 0.6) is 5.75 Å². The number of carbonyl (C=O) groups excluding carboxylic acids is 1. The zero-order chi connectivity index (χ0) is 13.4. The zero-order valence-electron chi connectivity index (χ0n) is 11.2. The predicted octanol–water partition coefficient (Wildman–Crippen LogP) is 1.44. The Labute approximate surface area is 108 Å². The van der Waals surface area contributed by atoms with Crippen molar-refractivity contribution in [1.29, 1.82) is 0 Å². The van der Waals surface area contributed by atoms with Crippen LogP contribution in [-0.2, 0) is 16.1 Å². The van der Waals surface area contributed by atoms with Crippen molar-refractivity contribution in [2.75, 3.05) is 19.8 Å². The maximum Gasteiger partial charge on any atom is 0.344 e. The molecule has 1 rings (SSSR count). The molecule has 5 nitrogen and oxygen atoms in total. The minimum absolute atomic E-state index is 0.0856. The van der Waals surface area contributed by atoms with Gasteiger partial charge in [-0.2, -0.15) is 0 Å². The van der Waals surface area contributed by atoms with Crippen LogP contribution in [0.2, 0.25) is 0 Å². The van der Waals surface area contributed by atoms with Gasteiger partial charge < -0.3 is 14.8 Å². The van der Waals surface area contributed by atoms with E-state index >= 15 is 0 Å². The highest BCUT2D eigenvalue weighted by atomic mass is 16.6. The second-order valence-corrected chi connectivity index (χ2v) is 3.77. The molecule has 0 spiro atoms. The fraction of sp³-hybridized carbons (Fsp3) is 0.538. The maximum atomic E-state index is 11.2. The molecule has 100 valence electrons. The topological polar surface area (TPSA) is 60.5 Å². The molecule has 1 aromatic rings. The van der Waals surface area contributed by atoms with E-state index in [0.717, 1.165) is 17.9 Å². The summed E-state index contributed by atoms with van der Waals surface area (Å²) in [5.41, 5.74) is 1.73. The van der Waals surface area contributed by atoms with Gasteiger partial charge in [-0.05, 0) is 32.5 Å². The number of aryl methyl sites for hydroxylation is 1. The smallest absolute Gasteiger partial charge is 0.344 e. The molecular weight excluding hydrogens is 232 g/mol. The van der Waals surface area contributed by atoms with Crippen molar-refractivity contribution in [2.24, 2.45) is 0 Å². The largest absolute Gasteiger partial charge is 0.480 e. The van der Waals surface area contributed by atoms with E-state index in [1.54, 1.807) is 6.92 Å². The van der Waals surface area contributed by atoms with Crippen molar-refractivity contribution < 1.29 is 14.3 Å². The van der Waals surface area contributed by atoms with Gasteiger partial charge in [0.1, 0.15) is 5.75 Å². The maximum absolute atomic E-state index is 11.2. The van der Waals surface area contributed by atoms with Crippen LogP contribution in [-0.4, -0.2) is 30.7 Å². The van der Waals surface area contributed by atoms with Crippen LogP contribution in [0.4, 0.5) is 0 Å². The van der Waals surface area contributed by atoms with Crippen LogP contribution in [0.15, 0.2) is 12.1 Å². The number of esters is 1. The lowest BCUT2D eigenvalue weighted by molar-refractivity contribution is -0.145. The molecule has 0 saturated carbocycles. The highest BCUT2D eigenvalue weighted by Gasteiger charge is 2.08. The third-order valence-electron chi connectivity index (χ3n) is 2.26. The Hall–Kier alpha value is -1.62. The van der Waals surface area contributed by atoms with Crippen LogP contribution in [0.3, 0.4) is 0 Å². The first-order valence-corrected chi connectivity index (χ1v) is 6.13. The molecule has 0 aromatic carbocycles. The first-order chi connectivity index (χ1) is 8.67. The number of ether oxygens (including phenoxy) is 2. The number of rotatable bonds is 7. The SMILES string of the molecule is CCNCc1nc(C)ccc1OCC(=O)OCC. The number of aromatic nitrogens is 1. The second kappa shape index (κ2) is 7.66. The average molecular weight is 252 g/mol. The fourth-order valence-electron chi connectivity index (χ4n) is 1.44. The quantitative estimate of drug-likeness (QED) is 0.744. The standard InChI is InChI=1S/C13H20N2O3/c1-4-14-8-11-12(7-6-10(3)15-11)18-9-13(16)17-5-2/h6-7,14H,4-5,8-9H2,1-3H3. The van der Waals surface area contributed by atoms with Gasteiger partial charge in [0.25, 0.3) is 0 Å². The van der Waals surface area contributed by atoms with E-state index in [0.29, 0.717) is 18.9 Å².